The van der Waals surface area contributed by atoms with E-state index in [-0.39, 0.29) is 12.5 Å². The zero-order chi connectivity index (χ0) is 19.1. The number of para-hydroxylation sites is 1. The molecule has 1 aromatic heterocycles. The van der Waals surface area contributed by atoms with Crippen LogP contribution >= 0.6 is 27.3 Å². The largest absolute Gasteiger partial charge is 0.457 e. The van der Waals surface area contributed by atoms with Crippen LogP contribution in [0.1, 0.15) is 9.67 Å². The molecule has 0 fully saturated rings. The molecule has 2 N–H and O–H groups in total. The summed E-state index contributed by atoms with van der Waals surface area (Å²) in [7, 11) is 0. The Labute approximate surface area is 168 Å². The standard InChI is InChI=1S/C19H15BrN2O4S/c20-17-11-10-16(27-17)19(24)22-25-12-18(23)21-13-6-8-15(9-7-13)26-14-4-2-1-3-5-14/h1-11H,12H2,(H,21,23)(H,22,24). The summed E-state index contributed by atoms with van der Waals surface area (Å²) in [5.74, 6) is 0.598. The lowest BCUT2D eigenvalue weighted by Crippen LogP contribution is -2.28. The number of thiophene rings is 1. The third-order valence-electron chi connectivity index (χ3n) is 3.28. The molecule has 0 radical (unpaired) electrons. The Morgan fingerprint density at radius 3 is 2.30 bits per heavy atom. The third kappa shape index (κ3) is 5.92. The molecule has 0 bridgehead atoms. The van der Waals surface area contributed by atoms with Crippen molar-refractivity contribution in [1.29, 1.82) is 0 Å². The second-order valence-electron chi connectivity index (χ2n) is 5.31. The predicted molar refractivity (Wildman–Crippen MR) is 107 cm³/mol. The average molecular weight is 447 g/mol. The van der Waals surface area contributed by atoms with Crippen molar-refractivity contribution in [3.05, 3.63) is 75.4 Å². The van der Waals surface area contributed by atoms with Gasteiger partial charge < -0.3 is 10.1 Å². The Kier molecular flexibility index (Phi) is 6.59. The molecule has 8 heteroatoms. The topological polar surface area (TPSA) is 76.7 Å². The van der Waals surface area contributed by atoms with E-state index in [9.17, 15) is 9.59 Å². The van der Waals surface area contributed by atoms with Gasteiger partial charge in [-0.15, -0.1) is 11.3 Å². The van der Waals surface area contributed by atoms with Gasteiger partial charge in [0.15, 0.2) is 6.61 Å². The summed E-state index contributed by atoms with van der Waals surface area (Å²) in [6.07, 6.45) is 0. The van der Waals surface area contributed by atoms with Crippen LogP contribution in [-0.4, -0.2) is 18.4 Å². The Hall–Kier alpha value is -2.68. The van der Waals surface area contributed by atoms with Gasteiger partial charge in [0.05, 0.1) is 8.66 Å². The number of hydrogen-bond donors (Lipinski definition) is 2. The first-order valence-corrected chi connectivity index (χ1v) is 9.51. The number of hydrogen-bond acceptors (Lipinski definition) is 5. The Bertz CT molecular complexity index is 913. The molecule has 3 rings (SSSR count). The van der Waals surface area contributed by atoms with Crippen molar-refractivity contribution >= 4 is 44.8 Å². The molecule has 0 spiro atoms. The van der Waals surface area contributed by atoms with Crippen molar-refractivity contribution in [3.8, 4) is 11.5 Å². The van der Waals surface area contributed by atoms with Crippen LogP contribution in [0.5, 0.6) is 11.5 Å². The van der Waals surface area contributed by atoms with E-state index in [1.807, 2.05) is 30.3 Å². The van der Waals surface area contributed by atoms with Gasteiger partial charge in [0.2, 0.25) is 0 Å². The average Bonchev–Trinajstić information content (AvgIpc) is 3.11. The quantitative estimate of drug-likeness (QED) is 0.519. The van der Waals surface area contributed by atoms with Gasteiger partial charge in [0, 0.05) is 5.69 Å². The summed E-state index contributed by atoms with van der Waals surface area (Å²) in [5.41, 5.74) is 2.83. The van der Waals surface area contributed by atoms with E-state index in [0.717, 1.165) is 9.54 Å². The van der Waals surface area contributed by atoms with Crippen LogP contribution in [0, 0.1) is 0 Å². The third-order valence-corrected chi connectivity index (χ3v) is 4.90. The highest BCUT2D eigenvalue weighted by Crippen LogP contribution is 2.23. The fourth-order valence-electron chi connectivity index (χ4n) is 2.08. The number of hydroxylamine groups is 1. The van der Waals surface area contributed by atoms with E-state index in [0.29, 0.717) is 16.3 Å². The molecule has 0 atom stereocenters. The number of nitrogens with one attached hydrogen (secondary N) is 2. The van der Waals surface area contributed by atoms with Crippen LogP contribution in [0.25, 0.3) is 0 Å². The van der Waals surface area contributed by atoms with Gasteiger partial charge >= 0.3 is 0 Å². The minimum Gasteiger partial charge on any atom is -0.457 e. The second kappa shape index (κ2) is 9.31. The van der Waals surface area contributed by atoms with Gasteiger partial charge in [-0.25, -0.2) is 5.48 Å². The fourth-order valence-corrected chi connectivity index (χ4v) is 3.35. The number of carbonyl (C=O) groups is 2. The number of carbonyl (C=O) groups excluding carboxylic acids is 2. The number of benzene rings is 2. The van der Waals surface area contributed by atoms with Crippen LogP contribution in [0.15, 0.2) is 70.5 Å². The van der Waals surface area contributed by atoms with E-state index in [2.05, 4.69) is 26.7 Å². The monoisotopic (exact) mass is 446 g/mol. The molecule has 27 heavy (non-hydrogen) atoms. The first-order chi connectivity index (χ1) is 13.1. The van der Waals surface area contributed by atoms with E-state index >= 15 is 0 Å². The van der Waals surface area contributed by atoms with E-state index in [4.69, 9.17) is 9.57 Å². The molecule has 0 aliphatic heterocycles. The molecule has 0 aliphatic carbocycles. The summed E-state index contributed by atoms with van der Waals surface area (Å²) in [6, 6.07) is 19.8. The summed E-state index contributed by atoms with van der Waals surface area (Å²) in [4.78, 5) is 29.1. The summed E-state index contributed by atoms with van der Waals surface area (Å²) in [5, 5.41) is 2.67. The van der Waals surface area contributed by atoms with E-state index in [1.165, 1.54) is 11.3 Å². The first kappa shape index (κ1) is 19.1. The van der Waals surface area contributed by atoms with Crippen molar-refractivity contribution in [2.75, 3.05) is 11.9 Å². The van der Waals surface area contributed by atoms with Crippen LogP contribution in [-0.2, 0) is 9.63 Å². The highest BCUT2D eigenvalue weighted by molar-refractivity contribution is 9.11. The lowest BCUT2D eigenvalue weighted by molar-refractivity contribution is -0.122. The first-order valence-electron chi connectivity index (χ1n) is 7.90. The summed E-state index contributed by atoms with van der Waals surface area (Å²) < 4.78 is 6.52. The molecule has 138 valence electrons. The molecule has 0 saturated carbocycles. The van der Waals surface area contributed by atoms with Gasteiger partial charge in [-0.05, 0) is 64.5 Å². The van der Waals surface area contributed by atoms with Crippen molar-refractivity contribution in [1.82, 2.24) is 5.48 Å². The zero-order valence-corrected chi connectivity index (χ0v) is 16.4. The van der Waals surface area contributed by atoms with E-state index in [1.54, 1.807) is 36.4 Å². The molecule has 2 aromatic carbocycles. The number of halogens is 1. The van der Waals surface area contributed by atoms with Gasteiger partial charge in [-0.3, -0.25) is 14.4 Å². The maximum absolute atomic E-state index is 11.9. The zero-order valence-electron chi connectivity index (χ0n) is 14.0. The van der Waals surface area contributed by atoms with Crippen LogP contribution in [0.4, 0.5) is 5.69 Å². The maximum Gasteiger partial charge on any atom is 0.284 e. The van der Waals surface area contributed by atoms with Crippen molar-refractivity contribution in [3.63, 3.8) is 0 Å². The van der Waals surface area contributed by atoms with Gasteiger partial charge in [0.25, 0.3) is 11.8 Å². The highest BCUT2D eigenvalue weighted by atomic mass is 79.9. The SMILES string of the molecule is O=C(CONC(=O)c1ccc(Br)s1)Nc1ccc(Oc2ccccc2)cc1. The number of amides is 2. The summed E-state index contributed by atoms with van der Waals surface area (Å²) >= 11 is 4.55. The highest BCUT2D eigenvalue weighted by Gasteiger charge is 2.10. The van der Waals surface area contributed by atoms with Crippen molar-refractivity contribution < 1.29 is 19.2 Å². The Balaban J connectivity index is 1.43. The second-order valence-corrected chi connectivity index (χ2v) is 7.77. The number of rotatable bonds is 7. The van der Waals surface area contributed by atoms with Gasteiger partial charge in [0.1, 0.15) is 11.5 Å². The van der Waals surface area contributed by atoms with Crippen LogP contribution < -0.4 is 15.5 Å². The maximum atomic E-state index is 11.9. The lowest BCUT2D eigenvalue weighted by Gasteiger charge is -2.08. The molecule has 6 nitrogen and oxygen atoms in total. The van der Waals surface area contributed by atoms with Gasteiger partial charge in [-0.1, -0.05) is 18.2 Å². The van der Waals surface area contributed by atoms with Crippen LogP contribution in [0.3, 0.4) is 0 Å². The number of ether oxygens (including phenoxy) is 1. The Morgan fingerprint density at radius 2 is 1.63 bits per heavy atom. The molecule has 1 heterocycles. The molecule has 0 unspecified atom stereocenters. The van der Waals surface area contributed by atoms with E-state index < -0.39 is 5.91 Å². The Morgan fingerprint density at radius 1 is 0.926 bits per heavy atom. The molecule has 0 saturated heterocycles. The normalized spacial score (nSPS) is 10.3. The lowest BCUT2D eigenvalue weighted by atomic mass is 10.3. The predicted octanol–water partition coefficient (Wildman–Crippen LogP) is 4.60. The molecule has 3 aromatic rings. The minimum atomic E-state index is -0.402. The van der Waals surface area contributed by atoms with Gasteiger partial charge in [-0.2, -0.15) is 0 Å². The molecule has 0 aliphatic rings. The fraction of sp³-hybridized carbons (Fsp3) is 0.0526. The van der Waals surface area contributed by atoms with Crippen molar-refractivity contribution in [2.24, 2.45) is 0 Å². The van der Waals surface area contributed by atoms with Crippen LogP contribution in [0.2, 0.25) is 0 Å². The smallest absolute Gasteiger partial charge is 0.284 e. The molecule has 2 amide bonds. The number of anilines is 1. The minimum absolute atomic E-state index is 0.305. The summed E-state index contributed by atoms with van der Waals surface area (Å²) in [6.45, 7) is -0.305. The molecular formula is C19H15BrN2O4S. The van der Waals surface area contributed by atoms with Crippen molar-refractivity contribution in [2.45, 2.75) is 0 Å². The molecular weight excluding hydrogens is 432 g/mol.